The highest BCUT2D eigenvalue weighted by Crippen LogP contribution is 2.39. The summed E-state index contributed by atoms with van der Waals surface area (Å²) >= 11 is -0.414. The minimum atomic E-state index is -0.414. The largest absolute Gasteiger partial charge is 0.307 e. The number of β-lactam (4-membered cyclic amide) rings is 1. The molecule has 0 saturated carbocycles. The van der Waals surface area contributed by atoms with Crippen LogP contribution in [0.5, 0.6) is 0 Å². The number of nitrogens with two attached hydrogens (primary N) is 1. The number of carbonyl (C=O) groups is 1. The minimum absolute atomic E-state index is 0.221. The maximum absolute atomic E-state index is 10.8. The number of rotatable bonds is 0. The van der Waals surface area contributed by atoms with Gasteiger partial charge in [0.05, 0.1) is 11.8 Å². The van der Waals surface area contributed by atoms with Gasteiger partial charge in [0.1, 0.15) is 0 Å². The lowest BCUT2D eigenvalue weighted by Gasteiger charge is -2.45. The zero-order valence-electron chi connectivity index (χ0n) is 5.53. The first-order valence-electron chi connectivity index (χ1n) is 3.28. The van der Waals surface area contributed by atoms with E-state index < -0.39 is 11.1 Å². The Morgan fingerprint density at radius 1 is 1.80 bits per heavy atom. The monoisotopic (exact) mass is 158 g/mol. The SMILES string of the molecule is N[SH]1CC=CN2C(=O)C[C@H]21. The van der Waals surface area contributed by atoms with Gasteiger partial charge < -0.3 is 4.90 Å². The third-order valence-electron chi connectivity index (χ3n) is 1.93. The van der Waals surface area contributed by atoms with Crippen molar-refractivity contribution in [1.82, 2.24) is 4.90 Å². The van der Waals surface area contributed by atoms with Crippen molar-refractivity contribution in [2.45, 2.75) is 11.8 Å². The standard InChI is InChI=1S/C6H10N2OS/c7-10-3-1-2-8-5(9)4-6(8)10/h1-2,6,10H,3-4,7H2/t6-/m1/s1. The Kier molecular flexibility index (Phi) is 1.25. The lowest BCUT2D eigenvalue weighted by atomic mass is 10.2. The molecule has 2 aliphatic rings. The molecule has 2 rings (SSSR count). The molecule has 2 atom stereocenters. The van der Waals surface area contributed by atoms with E-state index in [1.807, 2.05) is 12.3 Å². The molecule has 4 heteroatoms. The van der Waals surface area contributed by atoms with Gasteiger partial charge in [-0.05, 0) is 0 Å². The molecule has 0 bridgehead atoms. The molecule has 0 radical (unpaired) electrons. The van der Waals surface area contributed by atoms with E-state index in [1.165, 1.54) is 0 Å². The average molecular weight is 158 g/mol. The summed E-state index contributed by atoms with van der Waals surface area (Å²) in [6, 6.07) is 0. The van der Waals surface area contributed by atoms with Crippen molar-refractivity contribution >= 4 is 17.0 Å². The number of amides is 1. The molecular formula is C6H10N2OS. The van der Waals surface area contributed by atoms with Gasteiger partial charge in [-0.15, -0.1) is 0 Å². The molecule has 2 aliphatic heterocycles. The zero-order valence-corrected chi connectivity index (χ0v) is 6.42. The predicted octanol–water partition coefficient (Wildman–Crippen LogP) is -0.0530. The highest BCUT2D eigenvalue weighted by Gasteiger charge is 2.38. The van der Waals surface area contributed by atoms with Crippen LogP contribution in [0.25, 0.3) is 0 Å². The van der Waals surface area contributed by atoms with Gasteiger partial charge in [0.2, 0.25) is 5.91 Å². The summed E-state index contributed by atoms with van der Waals surface area (Å²) in [6.45, 7) is 0. The molecule has 1 saturated heterocycles. The Morgan fingerprint density at radius 2 is 2.60 bits per heavy atom. The molecule has 0 aromatic heterocycles. The quantitative estimate of drug-likeness (QED) is 0.383. The molecule has 0 aliphatic carbocycles. The summed E-state index contributed by atoms with van der Waals surface area (Å²) < 4.78 is 0. The molecular weight excluding hydrogens is 148 g/mol. The first-order chi connectivity index (χ1) is 4.79. The molecule has 3 nitrogen and oxygen atoms in total. The topological polar surface area (TPSA) is 46.3 Å². The van der Waals surface area contributed by atoms with Gasteiger partial charge in [-0.3, -0.25) is 9.93 Å². The third-order valence-corrected chi connectivity index (χ3v) is 3.76. The number of fused-ring (bicyclic) bond motifs is 1. The van der Waals surface area contributed by atoms with Crippen molar-refractivity contribution in [2.75, 3.05) is 5.75 Å². The van der Waals surface area contributed by atoms with E-state index in [9.17, 15) is 4.79 Å². The maximum atomic E-state index is 10.8. The normalized spacial score (nSPS) is 40.9. The van der Waals surface area contributed by atoms with Crippen LogP contribution in [0.2, 0.25) is 0 Å². The van der Waals surface area contributed by atoms with Gasteiger partial charge in [-0.2, -0.15) is 11.1 Å². The Balaban J connectivity index is 2.18. The van der Waals surface area contributed by atoms with Crippen molar-refractivity contribution in [1.29, 1.82) is 0 Å². The molecule has 1 unspecified atom stereocenters. The molecule has 1 amide bonds. The highest BCUT2D eigenvalue weighted by atomic mass is 32.2. The second-order valence-electron chi connectivity index (χ2n) is 2.57. The van der Waals surface area contributed by atoms with E-state index in [2.05, 4.69) is 0 Å². The Bertz CT molecular complexity index is 204. The summed E-state index contributed by atoms with van der Waals surface area (Å²) in [4.78, 5) is 12.6. The molecule has 0 aromatic carbocycles. The fraction of sp³-hybridized carbons (Fsp3) is 0.500. The fourth-order valence-electron chi connectivity index (χ4n) is 1.28. The van der Waals surface area contributed by atoms with E-state index in [1.54, 1.807) is 4.90 Å². The van der Waals surface area contributed by atoms with Gasteiger partial charge in [0.15, 0.2) is 0 Å². The second kappa shape index (κ2) is 2.00. The third kappa shape index (κ3) is 0.690. The summed E-state index contributed by atoms with van der Waals surface area (Å²) in [6.07, 6.45) is 4.52. The van der Waals surface area contributed by atoms with Gasteiger partial charge in [0, 0.05) is 12.0 Å². The van der Waals surface area contributed by atoms with Crippen molar-refractivity contribution in [3.05, 3.63) is 12.3 Å². The van der Waals surface area contributed by atoms with Crippen LogP contribution in [-0.4, -0.2) is 21.9 Å². The van der Waals surface area contributed by atoms with Gasteiger partial charge in [0.25, 0.3) is 0 Å². The predicted molar refractivity (Wildman–Crippen MR) is 42.4 cm³/mol. The molecule has 2 N–H and O–H groups in total. The first-order valence-corrected chi connectivity index (χ1v) is 4.95. The van der Waals surface area contributed by atoms with E-state index in [4.69, 9.17) is 5.14 Å². The van der Waals surface area contributed by atoms with Crippen molar-refractivity contribution in [3.63, 3.8) is 0 Å². The van der Waals surface area contributed by atoms with E-state index in [0.29, 0.717) is 11.8 Å². The van der Waals surface area contributed by atoms with Crippen molar-refractivity contribution in [3.8, 4) is 0 Å². The van der Waals surface area contributed by atoms with Gasteiger partial charge in [-0.25, -0.2) is 0 Å². The van der Waals surface area contributed by atoms with E-state index >= 15 is 0 Å². The summed E-state index contributed by atoms with van der Waals surface area (Å²) in [5.74, 6) is 1.20. The minimum Gasteiger partial charge on any atom is -0.307 e. The van der Waals surface area contributed by atoms with Crippen LogP contribution >= 0.6 is 11.1 Å². The number of hydrogen-bond acceptors (Lipinski definition) is 2. The number of nitrogens with zero attached hydrogens (tertiary/aromatic N) is 1. The Morgan fingerprint density at radius 3 is 3.20 bits per heavy atom. The summed E-state index contributed by atoms with van der Waals surface area (Å²) in [5, 5.41) is 6.17. The summed E-state index contributed by atoms with van der Waals surface area (Å²) in [5.41, 5.74) is 0. The van der Waals surface area contributed by atoms with Gasteiger partial charge in [-0.1, -0.05) is 6.08 Å². The lowest BCUT2D eigenvalue weighted by molar-refractivity contribution is -0.137. The average Bonchev–Trinajstić information content (AvgIpc) is 1.91. The van der Waals surface area contributed by atoms with Crippen LogP contribution in [-0.2, 0) is 4.79 Å². The zero-order chi connectivity index (χ0) is 7.14. The first kappa shape index (κ1) is 6.24. The van der Waals surface area contributed by atoms with Crippen LogP contribution in [0.1, 0.15) is 6.42 Å². The lowest BCUT2D eigenvalue weighted by Crippen LogP contribution is -2.51. The molecule has 2 heterocycles. The number of thiol groups is 1. The van der Waals surface area contributed by atoms with Crippen LogP contribution in [0, 0.1) is 0 Å². The fourth-order valence-corrected chi connectivity index (χ4v) is 2.77. The van der Waals surface area contributed by atoms with Crippen molar-refractivity contribution in [2.24, 2.45) is 5.14 Å². The highest BCUT2D eigenvalue weighted by molar-refractivity contribution is 8.15. The maximum Gasteiger partial charge on any atom is 0.230 e. The molecule has 0 aromatic rings. The van der Waals surface area contributed by atoms with E-state index in [-0.39, 0.29) is 5.91 Å². The molecule has 10 heavy (non-hydrogen) atoms. The van der Waals surface area contributed by atoms with Crippen LogP contribution in [0.15, 0.2) is 12.3 Å². The Hall–Kier alpha value is -0.480. The molecule has 1 fully saturated rings. The van der Waals surface area contributed by atoms with Gasteiger partial charge >= 0.3 is 0 Å². The Labute approximate surface area is 62.4 Å². The summed E-state index contributed by atoms with van der Waals surface area (Å²) in [7, 11) is 0. The number of hydrogen-bond donors (Lipinski definition) is 2. The second-order valence-corrected chi connectivity index (χ2v) is 4.56. The van der Waals surface area contributed by atoms with Crippen LogP contribution < -0.4 is 5.14 Å². The van der Waals surface area contributed by atoms with Crippen LogP contribution in [0.3, 0.4) is 0 Å². The van der Waals surface area contributed by atoms with Crippen LogP contribution in [0.4, 0.5) is 0 Å². The van der Waals surface area contributed by atoms with Crippen molar-refractivity contribution < 1.29 is 4.79 Å². The smallest absolute Gasteiger partial charge is 0.230 e. The molecule has 56 valence electrons. The number of carbonyl (C=O) groups excluding carboxylic acids is 1. The molecule has 0 spiro atoms. The van der Waals surface area contributed by atoms with E-state index in [0.717, 1.165) is 5.75 Å².